The van der Waals surface area contributed by atoms with Gasteiger partial charge in [-0.3, -0.25) is 14.4 Å². The van der Waals surface area contributed by atoms with Crippen LogP contribution in [0.3, 0.4) is 0 Å². The van der Waals surface area contributed by atoms with Crippen molar-refractivity contribution < 1.29 is 28.6 Å². The van der Waals surface area contributed by atoms with E-state index in [0.29, 0.717) is 19.3 Å². The summed E-state index contributed by atoms with van der Waals surface area (Å²) in [5.74, 6) is -0.993. The zero-order chi connectivity index (χ0) is 45.1. The second kappa shape index (κ2) is 50.5. The number of rotatable bonds is 46. The standard InChI is InChI=1S/C56H96O6/c1-4-7-10-13-16-19-22-25-27-29-31-34-37-40-43-46-49-55(58)61-52-53(51-60-54(57)48-45-42-39-36-33-24-21-18-15-12-9-6-3)62-56(59)50-47-44-41-38-35-32-30-28-26-23-20-17-14-11-8-5-2/h7,10,16,19,25,27-28,30-31,34,40,43,53H,4-6,8-9,11-15,17-18,20-24,26,29,32-33,35-39,41-42,44-52H2,1-3H3/b10-7-,19-16-,27-25-,30-28-,34-31-,43-40-. The van der Waals surface area contributed by atoms with Crippen molar-refractivity contribution in [2.45, 2.75) is 252 Å². The number of carbonyl (C=O) groups is 3. The zero-order valence-corrected chi connectivity index (χ0v) is 40.6. The summed E-state index contributed by atoms with van der Waals surface area (Å²) in [4.78, 5) is 37.9. The summed E-state index contributed by atoms with van der Waals surface area (Å²) >= 11 is 0. The maximum absolute atomic E-state index is 12.8. The fourth-order valence-corrected chi connectivity index (χ4v) is 7.07. The van der Waals surface area contributed by atoms with E-state index in [1.165, 1.54) is 116 Å². The number of unbranched alkanes of at least 4 members (excludes halogenated alkanes) is 23. The third kappa shape index (κ3) is 47.9. The van der Waals surface area contributed by atoms with Crippen molar-refractivity contribution in [2.24, 2.45) is 0 Å². The first-order valence-electron chi connectivity index (χ1n) is 25.9. The van der Waals surface area contributed by atoms with Gasteiger partial charge in [-0.05, 0) is 77.0 Å². The van der Waals surface area contributed by atoms with Gasteiger partial charge in [0.1, 0.15) is 13.2 Å². The van der Waals surface area contributed by atoms with Crippen LogP contribution >= 0.6 is 0 Å². The van der Waals surface area contributed by atoms with E-state index < -0.39 is 6.10 Å². The van der Waals surface area contributed by atoms with Gasteiger partial charge in [-0.1, -0.05) is 222 Å². The van der Waals surface area contributed by atoms with E-state index in [1.54, 1.807) is 0 Å². The Morgan fingerprint density at radius 2 is 0.661 bits per heavy atom. The maximum atomic E-state index is 12.8. The molecule has 0 saturated heterocycles. The van der Waals surface area contributed by atoms with Gasteiger partial charge >= 0.3 is 17.9 Å². The number of allylic oxidation sites excluding steroid dienone is 12. The summed E-state index contributed by atoms with van der Waals surface area (Å²) in [6.45, 7) is 6.45. The molecular weight excluding hydrogens is 769 g/mol. The first-order valence-corrected chi connectivity index (χ1v) is 25.9. The van der Waals surface area contributed by atoms with Gasteiger partial charge in [-0.15, -0.1) is 0 Å². The van der Waals surface area contributed by atoms with Gasteiger partial charge in [0.05, 0.1) is 0 Å². The van der Waals surface area contributed by atoms with Gasteiger partial charge in [0.25, 0.3) is 0 Å². The quantitative estimate of drug-likeness (QED) is 0.0262. The van der Waals surface area contributed by atoms with Crippen LogP contribution in [0.2, 0.25) is 0 Å². The second-order valence-corrected chi connectivity index (χ2v) is 17.1. The predicted octanol–water partition coefficient (Wildman–Crippen LogP) is 17.0. The molecule has 62 heavy (non-hydrogen) atoms. The molecule has 0 spiro atoms. The normalized spacial score (nSPS) is 12.6. The zero-order valence-electron chi connectivity index (χ0n) is 40.6. The van der Waals surface area contributed by atoms with Gasteiger partial charge in [0.15, 0.2) is 6.10 Å². The molecule has 1 atom stereocenters. The highest BCUT2D eigenvalue weighted by Gasteiger charge is 2.19. The monoisotopic (exact) mass is 865 g/mol. The van der Waals surface area contributed by atoms with E-state index in [4.69, 9.17) is 14.2 Å². The Morgan fingerprint density at radius 3 is 1.08 bits per heavy atom. The van der Waals surface area contributed by atoms with Gasteiger partial charge in [0.2, 0.25) is 0 Å². The average Bonchev–Trinajstić information content (AvgIpc) is 3.27. The Hall–Kier alpha value is -3.15. The number of esters is 3. The highest BCUT2D eigenvalue weighted by Crippen LogP contribution is 2.14. The molecule has 0 aromatic rings. The Bertz CT molecular complexity index is 1180. The Kier molecular flexibility index (Phi) is 47.9. The maximum Gasteiger partial charge on any atom is 0.306 e. The van der Waals surface area contributed by atoms with E-state index in [2.05, 4.69) is 87.6 Å². The topological polar surface area (TPSA) is 78.9 Å². The molecule has 1 unspecified atom stereocenters. The van der Waals surface area contributed by atoms with Gasteiger partial charge in [-0.2, -0.15) is 0 Å². The lowest BCUT2D eigenvalue weighted by Gasteiger charge is -2.18. The van der Waals surface area contributed by atoms with Crippen molar-refractivity contribution in [2.75, 3.05) is 13.2 Å². The van der Waals surface area contributed by atoms with Gasteiger partial charge in [0, 0.05) is 19.3 Å². The molecule has 0 fully saturated rings. The second-order valence-electron chi connectivity index (χ2n) is 17.1. The van der Waals surface area contributed by atoms with Crippen molar-refractivity contribution in [3.8, 4) is 0 Å². The molecule has 0 aliphatic carbocycles. The van der Waals surface area contributed by atoms with Crippen LogP contribution in [-0.2, 0) is 28.6 Å². The summed E-state index contributed by atoms with van der Waals surface area (Å²) < 4.78 is 16.7. The molecule has 6 nitrogen and oxygen atoms in total. The molecule has 0 rings (SSSR count). The number of ether oxygens (including phenoxy) is 3. The van der Waals surface area contributed by atoms with Crippen LogP contribution in [-0.4, -0.2) is 37.2 Å². The lowest BCUT2D eigenvalue weighted by atomic mass is 10.0. The lowest BCUT2D eigenvalue weighted by molar-refractivity contribution is -0.166. The highest BCUT2D eigenvalue weighted by atomic mass is 16.6. The molecule has 356 valence electrons. The van der Waals surface area contributed by atoms with E-state index >= 15 is 0 Å². The van der Waals surface area contributed by atoms with Crippen molar-refractivity contribution in [1.82, 2.24) is 0 Å². The lowest BCUT2D eigenvalue weighted by Crippen LogP contribution is -2.30. The minimum Gasteiger partial charge on any atom is -0.462 e. The smallest absolute Gasteiger partial charge is 0.306 e. The van der Waals surface area contributed by atoms with Crippen molar-refractivity contribution >= 4 is 17.9 Å². The summed E-state index contributed by atoms with van der Waals surface area (Å²) in [7, 11) is 0. The Labute approximate surface area is 382 Å². The molecule has 0 aliphatic heterocycles. The molecule has 0 aromatic heterocycles. The summed E-state index contributed by atoms with van der Waals surface area (Å²) in [5.41, 5.74) is 0. The largest absolute Gasteiger partial charge is 0.462 e. The molecule has 0 N–H and O–H groups in total. The van der Waals surface area contributed by atoms with Crippen molar-refractivity contribution in [3.63, 3.8) is 0 Å². The third-order valence-electron chi connectivity index (χ3n) is 11.0. The molecular formula is C56H96O6. The fraction of sp³-hybridized carbons (Fsp3) is 0.732. The average molecular weight is 865 g/mol. The molecule has 0 saturated carbocycles. The molecule has 0 amide bonds. The van der Waals surface area contributed by atoms with Crippen LogP contribution < -0.4 is 0 Å². The SMILES string of the molecule is CC/C=C\C/C=C\C/C=C\C/C=C\C/C=C\CCC(=O)OCC(COC(=O)CCCCCCCCCCCCCC)OC(=O)CCCCCCC/C=C\CCCCCCCCC. The first-order chi connectivity index (χ1) is 30.5. The van der Waals surface area contributed by atoms with Crippen LogP contribution in [0.4, 0.5) is 0 Å². The van der Waals surface area contributed by atoms with Crippen molar-refractivity contribution in [1.29, 1.82) is 0 Å². The number of carbonyl (C=O) groups excluding carboxylic acids is 3. The van der Waals surface area contributed by atoms with E-state index in [9.17, 15) is 14.4 Å². The predicted molar refractivity (Wildman–Crippen MR) is 265 cm³/mol. The third-order valence-corrected chi connectivity index (χ3v) is 11.0. The van der Waals surface area contributed by atoms with Crippen LogP contribution in [0.25, 0.3) is 0 Å². The molecule has 6 heteroatoms. The molecule has 0 aliphatic rings. The van der Waals surface area contributed by atoms with Crippen molar-refractivity contribution in [3.05, 3.63) is 72.9 Å². The highest BCUT2D eigenvalue weighted by molar-refractivity contribution is 5.71. The van der Waals surface area contributed by atoms with Crippen LogP contribution in [0.1, 0.15) is 245 Å². The van der Waals surface area contributed by atoms with Gasteiger partial charge in [-0.25, -0.2) is 0 Å². The Balaban J connectivity index is 4.49. The molecule has 0 bridgehead atoms. The van der Waals surface area contributed by atoms with Gasteiger partial charge < -0.3 is 14.2 Å². The molecule has 0 radical (unpaired) electrons. The minimum atomic E-state index is -0.807. The molecule has 0 aromatic carbocycles. The van der Waals surface area contributed by atoms with Crippen LogP contribution in [0, 0.1) is 0 Å². The van der Waals surface area contributed by atoms with Crippen LogP contribution in [0.15, 0.2) is 72.9 Å². The molecule has 0 heterocycles. The summed E-state index contributed by atoms with van der Waals surface area (Å²) in [5, 5.41) is 0. The van der Waals surface area contributed by atoms with E-state index in [0.717, 1.165) is 83.5 Å². The van der Waals surface area contributed by atoms with Crippen LogP contribution in [0.5, 0.6) is 0 Å². The Morgan fingerprint density at radius 1 is 0.339 bits per heavy atom. The minimum absolute atomic E-state index is 0.0998. The van der Waals surface area contributed by atoms with E-state index in [1.807, 2.05) is 6.08 Å². The van der Waals surface area contributed by atoms with E-state index in [-0.39, 0.29) is 37.5 Å². The fourth-order valence-electron chi connectivity index (χ4n) is 7.07. The number of hydrogen-bond donors (Lipinski definition) is 0. The summed E-state index contributed by atoms with van der Waals surface area (Å²) in [6.07, 6.45) is 63.2. The summed E-state index contributed by atoms with van der Waals surface area (Å²) in [6, 6.07) is 0. The number of hydrogen-bond acceptors (Lipinski definition) is 6. The first kappa shape index (κ1) is 58.9.